The van der Waals surface area contributed by atoms with Crippen LogP contribution >= 0.6 is 0 Å². The molecule has 4 aliphatic rings. The van der Waals surface area contributed by atoms with Gasteiger partial charge >= 0.3 is 11.9 Å². The topological polar surface area (TPSA) is 244 Å². The molecule has 85 heavy (non-hydrogen) atoms. The van der Waals surface area contributed by atoms with E-state index in [9.17, 15) is 54.6 Å². The molecule has 0 bridgehead atoms. The number of ketones is 3. The monoisotopic (exact) mass is 1190 g/mol. The number of carbonyl (C=O) groups is 5. The molecule has 0 aromatic heterocycles. The molecule has 2 fully saturated rings. The van der Waals surface area contributed by atoms with E-state index in [1.807, 2.05) is 19.9 Å². The zero-order valence-electron chi connectivity index (χ0n) is 53.4. The lowest BCUT2D eigenvalue weighted by Gasteiger charge is -2.53. The molecule has 0 radical (unpaired) electrons. The van der Waals surface area contributed by atoms with Crippen molar-refractivity contribution in [3.8, 4) is 23.0 Å². The first-order valence-corrected chi connectivity index (χ1v) is 32.3. The normalized spacial score (nSPS) is 24.5. The standard InChI is InChI=1S/C36H56O8.C17H26O4.C17H26O3/c1-7-8-9-10-11-12-13-14-15-16-17-18-29(39)43-32-24(3)35(42)27(30-33(5,6)36(30,32)44-25(4)38)20-26(22-37)21-34(41)28(35)19-23(2)31(34)40;1-3-4-5-6-14(18)12-15(19)9-7-13-8-10-16(20)17(11-13)21-2;1-3-4-5-6-7-8-15(18)11-9-14-10-12-16(19)17(13-14)20-2/h19-20,24,27-28,30,32,37,41-42H,7-18,21-22H2,1-6H3;8,10-11,14,18,20H,3-7,9,12H2,1-2H3;10,12-13,19H,3-9,11H2,1-2H3/t24-,27+,28?,30-,32-,34-,35-,36-;;/m1../s1. The summed E-state index contributed by atoms with van der Waals surface area (Å²) >= 11 is 0. The maximum absolute atomic E-state index is 13.3. The Balaban J connectivity index is 0.000000314. The second kappa shape index (κ2) is 35.0. The Morgan fingerprint density at radius 2 is 1.15 bits per heavy atom. The van der Waals surface area contributed by atoms with Crippen molar-refractivity contribution < 1.29 is 73.6 Å². The highest BCUT2D eigenvalue weighted by Crippen LogP contribution is 2.77. The number of ether oxygens (including phenoxy) is 4. The average molecular weight is 1190 g/mol. The van der Waals surface area contributed by atoms with Gasteiger partial charge < -0.3 is 49.6 Å². The highest BCUT2D eigenvalue weighted by Gasteiger charge is 2.87. The van der Waals surface area contributed by atoms with Crippen molar-refractivity contribution in [2.24, 2.45) is 29.1 Å². The number of phenolic OH excluding ortho intramolecular Hbond substituents is 2. The molecule has 15 heteroatoms. The molecule has 0 heterocycles. The maximum atomic E-state index is 13.3. The van der Waals surface area contributed by atoms with Crippen molar-refractivity contribution >= 4 is 29.3 Å². The number of rotatable bonds is 35. The number of aliphatic hydroxyl groups excluding tert-OH is 2. The summed E-state index contributed by atoms with van der Waals surface area (Å²) in [5, 5.41) is 63.6. The van der Waals surface area contributed by atoms with Crippen LogP contribution in [0.25, 0.3) is 0 Å². The van der Waals surface area contributed by atoms with Crippen LogP contribution in [0.15, 0.2) is 59.7 Å². The van der Waals surface area contributed by atoms with Crippen LogP contribution in [-0.2, 0) is 46.3 Å². The third kappa shape index (κ3) is 19.5. The molecule has 0 saturated heterocycles. The van der Waals surface area contributed by atoms with Crippen LogP contribution in [0.4, 0.5) is 0 Å². The number of carbonyl (C=O) groups excluding carboxylic acids is 5. The van der Waals surface area contributed by atoms with Crippen molar-refractivity contribution in [3.05, 3.63) is 70.8 Å². The smallest absolute Gasteiger partial charge is 0.306 e. The molecule has 2 unspecified atom stereocenters. The number of methoxy groups -OCH3 is 2. The zero-order valence-corrected chi connectivity index (χ0v) is 53.4. The van der Waals surface area contributed by atoms with Gasteiger partial charge in [0.1, 0.15) is 23.3 Å². The first-order chi connectivity index (χ1) is 40.5. The molecule has 0 spiro atoms. The molecule has 2 saturated carbocycles. The van der Waals surface area contributed by atoms with E-state index < -0.39 is 75.8 Å². The largest absolute Gasteiger partial charge is 0.504 e. The molecule has 2 aromatic carbocycles. The van der Waals surface area contributed by atoms with Gasteiger partial charge in [0.25, 0.3) is 0 Å². The fraction of sp³-hybridized carbons (Fsp3) is 0.700. The number of fused-ring (bicyclic) bond motifs is 5. The third-order valence-electron chi connectivity index (χ3n) is 18.6. The molecule has 0 amide bonds. The first kappa shape index (κ1) is 72.4. The van der Waals surface area contributed by atoms with E-state index in [2.05, 4.69) is 20.8 Å². The Labute approximate surface area is 508 Å². The quantitative estimate of drug-likeness (QED) is 0.0214. The van der Waals surface area contributed by atoms with Crippen molar-refractivity contribution in [2.45, 2.75) is 264 Å². The van der Waals surface area contributed by atoms with Crippen molar-refractivity contribution in [1.29, 1.82) is 0 Å². The number of hydrogen-bond donors (Lipinski definition) is 6. The lowest BCUT2D eigenvalue weighted by atomic mass is 9.59. The van der Waals surface area contributed by atoms with Crippen LogP contribution in [0.1, 0.15) is 233 Å². The molecule has 15 nitrogen and oxygen atoms in total. The van der Waals surface area contributed by atoms with E-state index in [0.717, 1.165) is 62.5 Å². The molecule has 478 valence electrons. The minimum absolute atomic E-state index is 0.0750. The number of aliphatic hydroxyl groups is 4. The fourth-order valence-corrected chi connectivity index (χ4v) is 13.7. The molecular weight excluding hydrogens is 1080 g/mol. The lowest BCUT2D eigenvalue weighted by Crippen LogP contribution is -2.66. The Morgan fingerprint density at radius 1 is 0.671 bits per heavy atom. The molecule has 6 N–H and O–H groups in total. The summed E-state index contributed by atoms with van der Waals surface area (Å²) in [7, 11) is 3.02. The third-order valence-corrected chi connectivity index (χ3v) is 18.6. The average Bonchev–Trinajstić information content (AvgIpc) is 1.47. The maximum Gasteiger partial charge on any atom is 0.306 e. The number of Topliss-reactive ketones (excluding diaryl/α,β-unsaturated/α-hetero) is 3. The Hall–Kier alpha value is -5.09. The first-order valence-electron chi connectivity index (χ1n) is 32.3. The second-order valence-electron chi connectivity index (χ2n) is 25.3. The fourth-order valence-electron chi connectivity index (χ4n) is 13.7. The number of phenols is 2. The summed E-state index contributed by atoms with van der Waals surface area (Å²) in [6.45, 7) is 14.7. The van der Waals surface area contributed by atoms with Crippen LogP contribution in [0.5, 0.6) is 23.0 Å². The summed E-state index contributed by atoms with van der Waals surface area (Å²) in [4.78, 5) is 62.8. The minimum atomic E-state index is -1.93. The number of benzene rings is 2. The van der Waals surface area contributed by atoms with E-state index in [-0.39, 0.29) is 43.2 Å². The van der Waals surface area contributed by atoms with Crippen molar-refractivity contribution in [2.75, 3.05) is 20.8 Å². The van der Waals surface area contributed by atoms with Crippen LogP contribution in [0.3, 0.4) is 0 Å². The number of hydrogen-bond acceptors (Lipinski definition) is 15. The van der Waals surface area contributed by atoms with Crippen LogP contribution in [0, 0.1) is 29.1 Å². The Kier molecular flexibility index (Phi) is 29.8. The van der Waals surface area contributed by atoms with Gasteiger partial charge in [0.2, 0.25) is 0 Å². The Bertz CT molecular complexity index is 2510. The summed E-state index contributed by atoms with van der Waals surface area (Å²) in [6.07, 6.45) is 27.8. The summed E-state index contributed by atoms with van der Waals surface area (Å²) < 4.78 is 22.4. The van der Waals surface area contributed by atoms with E-state index >= 15 is 0 Å². The van der Waals surface area contributed by atoms with Gasteiger partial charge in [0.15, 0.2) is 34.4 Å². The number of esters is 2. The molecule has 4 aliphatic carbocycles. The van der Waals surface area contributed by atoms with Gasteiger partial charge in [-0.1, -0.05) is 175 Å². The lowest BCUT2D eigenvalue weighted by molar-refractivity contribution is -0.228. The van der Waals surface area contributed by atoms with Gasteiger partial charge in [-0.2, -0.15) is 0 Å². The van der Waals surface area contributed by atoms with Gasteiger partial charge in [-0.15, -0.1) is 0 Å². The van der Waals surface area contributed by atoms with E-state index in [0.29, 0.717) is 73.4 Å². The van der Waals surface area contributed by atoms with Gasteiger partial charge in [-0.05, 0) is 85.6 Å². The van der Waals surface area contributed by atoms with Crippen LogP contribution in [0.2, 0.25) is 0 Å². The summed E-state index contributed by atoms with van der Waals surface area (Å²) in [5.41, 5.74) is -2.74. The van der Waals surface area contributed by atoms with Crippen molar-refractivity contribution in [3.63, 3.8) is 0 Å². The molecule has 2 aromatic rings. The van der Waals surface area contributed by atoms with Gasteiger partial charge in [-0.3, -0.25) is 24.0 Å². The number of aryl methyl sites for hydroxylation is 2. The van der Waals surface area contributed by atoms with Crippen LogP contribution < -0.4 is 9.47 Å². The SMILES string of the molecule is CCCCCC(O)CC(=O)CCc1ccc(O)c(OC)c1.CCCCCCCC(=O)CCc1ccc(O)c(OC)c1.CCCCCCCCCCCCCC(=O)O[C@@H]1[C@@H](C)[C@]2(O)C3C=C(C)C(=O)[C@@]3(O)CC(CO)=C[C@H]2[C@@H]2C(C)(C)[C@]12OC(C)=O. The van der Waals surface area contributed by atoms with Gasteiger partial charge in [0, 0.05) is 74.5 Å². The van der Waals surface area contributed by atoms with E-state index in [1.165, 1.54) is 85.4 Å². The number of unbranched alkanes of at least 4 members (excludes halogenated alkanes) is 16. The number of aromatic hydroxyl groups is 2. The zero-order chi connectivity index (χ0) is 63.0. The van der Waals surface area contributed by atoms with Gasteiger partial charge in [-0.25, -0.2) is 0 Å². The minimum Gasteiger partial charge on any atom is -0.504 e. The molecule has 6 rings (SSSR count). The summed E-state index contributed by atoms with van der Waals surface area (Å²) in [5.74, 6) is -2.77. The summed E-state index contributed by atoms with van der Waals surface area (Å²) in [6, 6.07) is 10.3. The predicted octanol–water partition coefficient (Wildman–Crippen LogP) is 13.2. The van der Waals surface area contributed by atoms with Crippen molar-refractivity contribution in [1.82, 2.24) is 0 Å². The highest BCUT2D eigenvalue weighted by atomic mass is 16.6. The van der Waals surface area contributed by atoms with Crippen LogP contribution in [-0.4, -0.2) is 110 Å². The second-order valence-corrected chi connectivity index (χ2v) is 25.3. The Morgan fingerprint density at radius 3 is 1.65 bits per heavy atom. The van der Waals surface area contributed by atoms with Gasteiger partial charge in [0.05, 0.1) is 32.5 Å². The predicted molar refractivity (Wildman–Crippen MR) is 331 cm³/mol. The molecular formula is C70H108O15. The van der Waals surface area contributed by atoms with E-state index in [1.54, 1.807) is 56.3 Å². The highest BCUT2D eigenvalue weighted by molar-refractivity contribution is 6.05. The molecule has 0 aliphatic heterocycles. The molecule has 9 atom stereocenters. The van der Waals surface area contributed by atoms with E-state index in [4.69, 9.17) is 18.9 Å².